The molecule has 1 aliphatic heterocycles. The average Bonchev–Trinajstić information content (AvgIpc) is 2.88. The monoisotopic (exact) mass is 255 g/mol. The van der Waals surface area contributed by atoms with Crippen LogP contribution in [-0.2, 0) is 9.53 Å². The first kappa shape index (κ1) is 13.1. The highest BCUT2D eigenvalue weighted by Crippen LogP contribution is 2.40. The third kappa shape index (κ3) is 2.05. The van der Waals surface area contributed by atoms with E-state index >= 15 is 0 Å². The lowest BCUT2D eigenvalue weighted by atomic mass is 9.82. The molecule has 1 saturated heterocycles. The predicted molar refractivity (Wildman–Crippen MR) is 66.3 cm³/mol. The van der Waals surface area contributed by atoms with Crippen LogP contribution < -0.4 is 5.73 Å². The van der Waals surface area contributed by atoms with E-state index in [0.717, 1.165) is 12.8 Å². The van der Waals surface area contributed by atoms with Crippen LogP contribution in [0.5, 0.6) is 0 Å². The van der Waals surface area contributed by atoms with Crippen molar-refractivity contribution in [2.45, 2.75) is 38.6 Å². The molecule has 1 amide bonds. The van der Waals surface area contributed by atoms with Crippen LogP contribution in [0.15, 0.2) is 5.16 Å². The van der Waals surface area contributed by atoms with Gasteiger partial charge in [-0.3, -0.25) is 4.79 Å². The van der Waals surface area contributed by atoms with Gasteiger partial charge in [-0.05, 0) is 19.8 Å². The fourth-order valence-corrected chi connectivity index (χ4v) is 2.96. The molecule has 0 aromatic rings. The Morgan fingerprint density at radius 1 is 1.50 bits per heavy atom. The van der Waals surface area contributed by atoms with Crippen LogP contribution in [0.3, 0.4) is 0 Å². The van der Waals surface area contributed by atoms with E-state index in [9.17, 15) is 4.79 Å². The minimum atomic E-state index is -0.791. The van der Waals surface area contributed by atoms with E-state index in [1.807, 2.05) is 11.8 Å². The van der Waals surface area contributed by atoms with Gasteiger partial charge in [-0.15, -0.1) is 0 Å². The Labute approximate surface area is 107 Å². The number of amides is 1. The van der Waals surface area contributed by atoms with Gasteiger partial charge in [-0.1, -0.05) is 18.0 Å². The molecule has 1 aliphatic carbocycles. The van der Waals surface area contributed by atoms with Crippen LogP contribution in [0.1, 0.15) is 32.6 Å². The Kier molecular flexibility index (Phi) is 3.75. The maximum absolute atomic E-state index is 12.7. The molecule has 18 heavy (non-hydrogen) atoms. The van der Waals surface area contributed by atoms with Crippen molar-refractivity contribution in [1.82, 2.24) is 4.90 Å². The van der Waals surface area contributed by atoms with Gasteiger partial charge in [0, 0.05) is 6.54 Å². The Morgan fingerprint density at radius 3 is 2.72 bits per heavy atom. The Bertz CT molecular complexity index is 350. The van der Waals surface area contributed by atoms with Crippen molar-refractivity contribution in [3.05, 3.63) is 0 Å². The molecule has 2 fully saturated rings. The summed E-state index contributed by atoms with van der Waals surface area (Å²) >= 11 is 0. The third-order valence-electron chi connectivity index (χ3n) is 4.09. The summed E-state index contributed by atoms with van der Waals surface area (Å²) in [6.07, 6.45) is 3.24. The number of nitrogens with zero attached hydrogens (tertiary/aromatic N) is 2. The Morgan fingerprint density at radius 2 is 2.17 bits per heavy atom. The van der Waals surface area contributed by atoms with E-state index in [-0.39, 0.29) is 17.8 Å². The quantitative estimate of drug-likeness (QED) is 0.326. The molecule has 0 aromatic carbocycles. The fraction of sp³-hybridized carbons (Fsp3) is 0.833. The normalized spacial score (nSPS) is 28.4. The van der Waals surface area contributed by atoms with Crippen LogP contribution in [0.25, 0.3) is 0 Å². The number of carbonyl (C=O) groups is 1. The molecule has 6 heteroatoms. The number of hydrogen-bond acceptors (Lipinski definition) is 4. The highest BCUT2D eigenvalue weighted by atomic mass is 16.5. The minimum Gasteiger partial charge on any atom is -0.409 e. The van der Waals surface area contributed by atoms with Crippen molar-refractivity contribution in [2.24, 2.45) is 16.3 Å². The van der Waals surface area contributed by atoms with Crippen LogP contribution >= 0.6 is 0 Å². The molecule has 0 spiro atoms. The SMILES string of the molecule is CC1COCCN1C(=O)C1(C(N)=NO)CCCC1. The number of hydrogen-bond donors (Lipinski definition) is 2. The van der Waals surface area contributed by atoms with Crippen molar-refractivity contribution in [3.8, 4) is 0 Å². The van der Waals surface area contributed by atoms with Gasteiger partial charge in [0.1, 0.15) is 5.41 Å². The summed E-state index contributed by atoms with van der Waals surface area (Å²) in [5.74, 6) is 0.0507. The minimum absolute atomic E-state index is 0.00824. The molecular formula is C12H21N3O3. The Balaban J connectivity index is 2.23. The Hall–Kier alpha value is -1.30. The smallest absolute Gasteiger partial charge is 0.236 e. The fourth-order valence-electron chi connectivity index (χ4n) is 2.96. The van der Waals surface area contributed by atoms with E-state index in [1.165, 1.54) is 0 Å². The van der Waals surface area contributed by atoms with Gasteiger partial charge < -0.3 is 20.6 Å². The van der Waals surface area contributed by atoms with Gasteiger partial charge in [0.05, 0.1) is 19.3 Å². The van der Waals surface area contributed by atoms with Gasteiger partial charge in [0.15, 0.2) is 5.84 Å². The highest BCUT2D eigenvalue weighted by molar-refractivity contribution is 6.07. The molecule has 0 aromatic heterocycles. The van der Waals surface area contributed by atoms with Gasteiger partial charge in [-0.2, -0.15) is 0 Å². The van der Waals surface area contributed by atoms with Crippen molar-refractivity contribution < 1.29 is 14.7 Å². The van der Waals surface area contributed by atoms with Crippen LogP contribution in [0, 0.1) is 5.41 Å². The lowest BCUT2D eigenvalue weighted by Crippen LogP contribution is -2.56. The van der Waals surface area contributed by atoms with Crippen LogP contribution in [-0.4, -0.2) is 47.7 Å². The summed E-state index contributed by atoms with van der Waals surface area (Å²) in [6.45, 7) is 3.66. The number of carbonyl (C=O) groups excluding carboxylic acids is 1. The first-order chi connectivity index (χ1) is 8.62. The van der Waals surface area contributed by atoms with E-state index < -0.39 is 5.41 Å². The summed E-state index contributed by atoms with van der Waals surface area (Å²) in [7, 11) is 0. The molecule has 2 aliphatic rings. The number of morpholine rings is 1. The molecule has 3 N–H and O–H groups in total. The van der Waals surface area contributed by atoms with E-state index in [2.05, 4.69) is 5.16 Å². The second-order valence-electron chi connectivity index (χ2n) is 5.20. The maximum atomic E-state index is 12.7. The first-order valence-electron chi connectivity index (χ1n) is 6.48. The number of ether oxygens (including phenoxy) is 1. The maximum Gasteiger partial charge on any atom is 0.236 e. The molecule has 1 unspecified atom stereocenters. The molecule has 1 atom stereocenters. The molecule has 1 saturated carbocycles. The summed E-state index contributed by atoms with van der Waals surface area (Å²) < 4.78 is 5.34. The largest absolute Gasteiger partial charge is 0.409 e. The zero-order valence-electron chi connectivity index (χ0n) is 10.8. The number of oxime groups is 1. The zero-order chi connectivity index (χ0) is 13.2. The molecular weight excluding hydrogens is 234 g/mol. The molecule has 2 rings (SSSR count). The van der Waals surface area contributed by atoms with Gasteiger partial charge in [-0.25, -0.2) is 0 Å². The van der Waals surface area contributed by atoms with Crippen LogP contribution in [0.2, 0.25) is 0 Å². The summed E-state index contributed by atoms with van der Waals surface area (Å²) in [6, 6.07) is 0.0511. The zero-order valence-corrected chi connectivity index (χ0v) is 10.8. The van der Waals surface area contributed by atoms with E-state index in [4.69, 9.17) is 15.7 Å². The highest BCUT2D eigenvalue weighted by Gasteiger charge is 2.48. The summed E-state index contributed by atoms with van der Waals surface area (Å²) in [4.78, 5) is 14.5. The van der Waals surface area contributed by atoms with Gasteiger partial charge in [0.25, 0.3) is 0 Å². The number of nitrogens with two attached hydrogens (primary N) is 1. The summed E-state index contributed by atoms with van der Waals surface area (Å²) in [5.41, 5.74) is 5.00. The van der Waals surface area contributed by atoms with E-state index in [1.54, 1.807) is 0 Å². The van der Waals surface area contributed by atoms with Gasteiger partial charge >= 0.3 is 0 Å². The van der Waals surface area contributed by atoms with Crippen molar-refractivity contribution >= 4 is 11.7 Å². The van der Waals surface area contributed by atoms with Crippen molar-refractivity contribution in [3.63, 3.8) is 0 Å². The first-order valence-corrected chi connectivity index (χ1v) is 6.48. The molecule has 0 radical (unpaired) electrons. The summed E-state index contributed by atoms with van der Waals surface area (Å²) in [5, 5.41) is 12.0. The molecule has 1 heterocycles. The third-order valence-corrected chi connectivity index (χ3v) is 4.09. The molecule has 102 valence electrons. The topological polar surface area (TPSA) is 88.2 Å². The lowest BCUT2D eigenvalue weighted by Gasteiger charge is -2.39. The second-order valence-corrected chi connectivity index (χ2v) is 5.20. The number of rotatable bonds is 2. The van der Waals surface area contributed by atoms with E-state index in [0.29, 0.717) is 32.6 Å². The van der Waals surface area contributed by atoms with Crippen molar-refractivity contribution in [2.75, 3.05) is 19.8 Å². The number of amidine groups is 1. The molecule has 0 bridgehead atoms. The second kappa shape index (κ2) is 5.14. The lowest BCUT2D eigenvalue weighted by molar-refractivity contribution is -0.146. The van der Waals surface area contributed by atoms with Gasteiger partial charge in [0.2, 0.25) is 5.91 Å². The van der Waals surface area contributed by atoms with Crippen LogP contribution in [0.4, 0.5) is 0 Å². The molecule has 6 nitrogen and oxygen atoms in total. The average molecular weight is 255 g/mol. The standard InChI is InChI=1S/C12H21N3O3/c1-9-8-18-7-6-15(9)11(16)12(10(13)14-17)4-2-3-5-12/h9,17H,2-8H2,1H3,(H2,13,14). The predicted octanol–water partition coefficient (Wildman–Crippen LogP) is 0.540. The van der Waals surface area contributed by atoms with Crippen molar-refractivity contribution in [1.29, 1.82) is 0 Å².